The van der Waals surface area contributed by atoms with Crippen molar-refractivity contribution in [2.75, 3.05) is 20.8 Å². The molecule has 5 heteroatoms. The van der Waals surface area contributed by atoms with Crippen molar-refractivity contribution in [1.82, 2.24) is 0 Å². The zero-order valence-electron chi connectivity index (χ0n) is 13.8. The summed E-state index contributed by atoms with van der Waals surface area (Å²) in [7, 11) is 3.14. The van der Waals surface area contributed by atoms with Crippen molar-refractivity contribution in [2.24, 2.45) is 5.92 Å². The number of carbonyl (C=O) groups excluding carboxylic acids is 1. The van der Waals surface area contributed by atoms with Crippen LogP contribution in [-0.4, -0.2) is 50.0 Å². The minimum Gasteiger partial charge on any atom is -0.498 e. The van der Waals surface area contributed by atoms with Crippen molar-refractivity contribution in [3.8, 4) is 0 Å². The van der Waals surface area contributed by atoms with Gasteiger partial charge < -0.3 is 18.9 Å². The second-order valence-corrected chi connectivity index (χ2v) is 6.73. The Balaban J connectivity index is 1.90. The molecule has 5 atom stereocenters. The zero-order chi connectivity index (χ0) is 16.1. The molecule has 5 unspecified atom stereocenters. The van der Waals surface area contributed by atoms with Crippen LogP contribution in [0, 0.1) is 5.92 Å². The van der Waals surface area contributed by atoms with E-state index in [9.17, 15) is 4.79 Å². The number of ketones is 1. The van der Waals surface area contributed by atoms with Gasteiger partial charge in [-0.2, -0.15) is 0 Å². The van der Waals surface area contributed by atoms with Crippen molar-refractivity contribution in [1.29, 1.82) is 0 Å². The van der Waals surface area contributed by atoms with Crippen LogP contribution in [-0.2, 0) is 23.7 Å². The Labute approximate surface area is 131 Å². The van der Waals surface area contributed by atoms with Gasteiger partial charge in [0.25, 0.3) is 0 Å². The van der Waals surface area contributed by atoms with E-state index >= 15 is 0 Å². The molecule has 0 amide bonds. The number of hydrogen-bond acceptors (Lipinski definition) is 5. The van der Waals surface area contributed by atoms with Gasteiger partial charge in [0.15, 0.2) is 11.4 Å². The molecule has 1 spiro atoms. The average molecular weight is 308 g/mol. The monoisotopic (exact) mass is 308 g/mol. The summed E-state index contributed by atoms with van der Waals surface area (Å²) in [6, 6.07) is 0. The van der Waals surface area contributed by atoms with Crippen molar-refractivity contribution < 1.29 is 23.7 Å². The fourth-order valence-corrected chi connectivity index (χ4v) is 3.71. The van der Waals surface area contributed by atoms with E-state index in [-0.39, 0.29) is 17.8 Å². The van der Waals surface area contributed by atoms with Gasteiger partial charge in [-0.05, 0) is 27.2 Å². The van der Waals surface area contributed by atoms with Crippen LogP contribution in [0.25, 0.3) is 0 Å². The molecule has 1 aliphatic carbocycles. The molecular formula is C17H24O5. The molecule has 0 N–H and O–H groups in total. The largest absolute Gasteiger partial charge is 0.498 e. The van der Waals surface area contributed by atoms with Crippen molar-refractivity contribution in [3.63, 3.8) is 0 Å². The first-order valence-corrected chi connectivity index (χ1v) is 7.67. The summed E-state index contributed by atoms with van der Waals surface area (Å²) in [5.41, 5.74) is 0.255. The molecule has 122 valence electrons. The summed E-state index contributed by atoms with van der Waals surface area (Å²) in [5, 5.41) is 0. The Bertz CT molecular complexity index is 541. The standard InChI is InChI=1S/C17H24O5/c1-10(2)6-7-12-16(3,22-12)15-14(20-5)11(18)8-13(19-4)17(15)9-21-17/h6,8,12,14-15H,7,9H2,1-5H3. The highest BCUT2D eigenvalue weighted by Gasteiger charge is 2.73. The fraction of sp³-hybridized carbons (Fsp3) is 0.706. The van der Waals surface area contributed by atoms with Crippen LogP contribution < -0.4 is 0 Å². The topological polar surface area (TPSA) is 60.6 Å². The zero-order valence-corrected chi connectivity index (χ0v) is 13.8. The molecule has 0 radical (unpaired) electrons. The SMILES string of the molecule is COC1=CC(=O)C(OC)C(C2(C)OC2CC=C(C)C)C12CO2. The molecule has 0 aromatic carbocycles. The number of allylic oxidation sites excluding steroid dienone is 1. The van der Waals surface area contributed by atoms with Gasteiger partial charge in [-0.25, -0.2) is 0 Å². The minimum absolute atomic E-state index is 0.0788. The first-order chi connectivity index (χ1) is 10.4. The molecule has 2 saturated heterocycles. The lowest BCUT2D eigenvalue weighted by atomic mass is 9.71. The highest BCUT2D eigenvalue weighted by molar-refractivity contribution is 5.96. The molecule has 3 rings (SSSR count). The van der Waals surface area contributed by atoms with Crippen LogP contribution in [0.5, 0.6) is 0 Å². The van der Waals surface area contributed by atoms with Crippen LogP contribution in [0.2, 0.25) is 0 Å². The summed E-state index contributed by atoms with van der Waals surface area (Å²) in [6.07, 6.45) is 4.03. The third-order valence-electron chi connectivity index (χ3n) is 5.04. The minimum atomic E-state index is -0.572. The van der Waals surface area contributed by atoms with E-state index in [1.807, 2.05) is 6.92 Å². The number of hydrogen-bond donors (Lipinski definition) is 0. The van der Waals surface area contributed by atoms with Gasteiger partial charge >= 0.3 is 0 Å². The van der Waals surface area contributed by atoms with Gasteiger partial charge in [-0.15, -0.1) is 0 Å². The first kappa shape index (κ1) is 15.7. The molecule has 0 aromatic heterocycles. The summed E-state index contributed by atoms with van der Waals surface area (Å²) >= 11 is 0. The molecule has 0 aromatic rings. The van der Waals surface area contributed by atoms with Gasteiger partial charge in [-0.3, -0.25) is 4.79 Å². The number of epoxide rings is 2. The van der Waals surface area contributed by atoms with Crippen molar-refractivity contribution >= 4 is 5.78 Å². The smallest absolute Gasteiger partial charge is 0.188 e. The molecular weight excluding hydrogens is 284 g/mol. The Hall–Kier alpha value is -1.17. The number of ether oxygens (including phenoxy) is 4. The Morgan fingerprint density at radius 2 is 2.14 bits per heavy atom. The van der Waals surface area contributed by atoms with Crippen LogP contribution in [0.15, 0.2) is 23.5 Å². The van der Waals surface area contributed by atoms with Gasteiger partial charge in [0.2, 0.25) is 0 Å². The third-order valence-corrected chi connectivity index (χ3v) is 5.04. The van der Waals surface area contributed by atoms with Gasteiger partial charge in [0, 0.05) is 13.2 Å². The maximum absolute atomic E-state index is 12.4. The second kappa shape index (κ2) is 5.18. The van der Waals surface area contributed by atoms with Gasteiger partial charge in [-0.1, -0.05) is 11.6 Å². The molecule has 2 fully saturated rings. The average Bonchev–Trinajstić information content (AvgIpc) is 3.37. The molecule has 3 aliphatic rings. The number of methoxy groups -OCH3 is 2. The van der Waals surface area contributed by atoms with Crippen LogP contribution in [0.3, 0.4) is 0 Å². The third kappa shape index (κ3) is 2.23. The van der Waals surface area contributed by atoms with E-state index in [2.05, 4.69) is 19.9 Å². The van der Waals surface area contributed by atoms with Crippen molar-refractivity contribution in [3.05, 3.63) is 23.5 Å². The fourth-order valence-electron chi connectivity index (χ4n) is 3.71. The van der Waals surface area contributed by atoms with E-state index in [0.29, 0.717) is 12.4 Å². The Kier molecular flexibility index (Phi) is 3.70. The predicted molar refractivity (Wildman–Crippen MR) is 80.4 cm³/mol. The quantitative estimate of drug-likeness (QED) is 0.574. The van der Waals surface area contributed by atoms with Crippen LogP contribution >= 0.6 is 0 Å². The first-order valence-electron chi connectivity index (χ1n) is 7.67. The molecule has 5 nitrogen and oxygen atoms in total. The summed E-state index contributed by atoms with van der Waals surface area (Å²) in [4.78, 5) is 12.4. The Morgan fingerprint density at radius 3 is 2.64 bits per heavy atom. The van der Waals surface area contributed by atoms with E-state index in [0.717, 1.165) is 6.42 Å². The van der Waals surface area contributed by atoms with Gasteiger partial charge in [0.1, 0.15) is 17.5 Å². The molecule has 0 bridgehead atoms. The lowest BCUT2D eigenvalue weighted by Gasteiger charge is -2.36. The summed E-state index contributed by atoms with van der Waals surface area (Å²) in [6.45, 7) is 6.72. The van der Waals surface area contributed by atoms with Crippen molar-refractivity contribution in [2.45, 2.75) is 50.6 Å². The van der Waals surface area contributed by atoms with E-state index in [4.69, 9.17) is 18.9 Å². The predicted octanol–water partition coefficient (Wildman–Crippen LogP) is 2.01. The maximum Gasteiger partial charge on any atom is 0.188 e. The maximum atomic E-state index is 12.4. The Morgan fingerprint density at radius 1 is 1.45 bits per heavy atom. The van der Waals surface area contributed by atoms with E-state index in [1.54, 1.807) is 14.2 Å². The second-order valence-electron chi connectivity index (χ2n) is 6.73. The van der Waals surface area contributed by atoms with Gasteiger partial charge in [0.05, 0.1) is 25.7 Å². The van der Waals surface area contributed by atoms with Crippen LogP contribution in [0.1, 0.15) is 27.2 Å². The summed E-state index contributed by atoms with van der Waals surface area (Å²) < 4.78 is 22.7. The number of carbonyl (C=O) groups is 1. The highest BCUT2D eigenvalue weighted by Crippen LogP contribution is 2.59. The van der Waals surface area contributed by atoms with Crippen LogP contribution in [0.4, 0.5) is 0 Å². The lowest BCUT2D eigenvalue weighted by molar-refractivity contribution is -0.134. The van der Waals surface area contributed by atoms with E-state index < -0.39 is 17.3 Å². The molecule has 2 heterocycles. The number of rotatable bonds is 5. The molecule has 2 aliphatic heterocycles. The molecule has 0 saturated carbocycles. The summed E-state index contributed by atoms with van der Waals surface area (Å²) in [5.74, 6) is 0.324. The van der Waals surface area contributed by atoms with E-state index in [1.165, 1.54) is 11.6 Å². The highest BCUT2D eigenvalue weighted by atomic mass is 16.6. The lowest BCUT2D eigenvalue weighted by Crippen LogP contribution is -2.53. The molecule has 22 heavy (non-hydrogen) atoms. The normalized spacial score (nSPS) is 42.9.